The van der Waals surface area contributed by atoms with E-state index in [0.29, 0.717) is 5.69 Å². The highest BCUT2D eigenvalue weighted by molar-refractivity contribution is 7.92. The lowest BCUT2D eigenvalue weighted by molar-refractivity contribution is 0.484. The fourth-order valence-corrected chi connectivity index (χ4v) is 2.70. The highest BCUT2D eigenvalue weighted by Gasteiger charge is 2.11. The first-order valence-corrected chi connectivity index (χ1v) is 7.38. The van der Waals surface area contributed by atoms with Gasteiger partial charge in [-0.15, -0.1) is 0 Å². The summed E-state index contributed by atoms with van der Waals surface area (Å²) in [6.45, 7) is 1.42. The van der Waals surface area contributed by atoms with Crippen molar-refractivity contribution in [1.82, 2.24) is 0 Å². The summed E-state index contributed by atoms with van der Waals surface area (Å²) in [5.74, 6) is -0.177. The van der Waals surface area contributed by atoms with E-state index in [2.05, 4.69) is 4.72 Å². The van der Waals surface area contributed by atoms with Crippen LogP contribution < -0.4 is 4.72 Å². The van der Waals surface area contributed by atoms with E-state index in [4.69, 9.17) is 0 Å². The third kappa shape index (κ3) is 4.73. The zero-order valence-corrected chi connectivity index (χ0v) is 10.8. The van der Waals surface area contributed by atoms with Crippen LogP contribution in [0.3, 0.4) is 0 Å². The standard InChI is InChI=1S/C12H18FNO2S/c1-2-6-11-7-3-4-8-12(11)14-17(15,16)10-5-9-13/h3-4,7-8,14H,2,5-6,9-10H2,1H3. The minimum absolute atomic E-state index is 0.0330. The van der Waals surface area contributed by atoms with Gasteiger partial charge in [-0.1, -0.05) is 31.5 Å². The number of sulfonamides is 1. The van der Waals surface area contributed by atoms with E-state index in [9.17, 15) is 12.8 Å². The number of halogens is 1. The van der Waals surface area contributed by atoms with Crippen LogP contribution in [-0.4, -0.2) is 20.8 Å². The van der Waals surface area contributed by atoms with Crippen molar-refractivity contribution in [3.63, 3.8) is 0 Å². The third-order valence-corrected chi connectivity index (χ3v) is 3.71. The van der Waals surface area contributed by atoms with Crippen molar-refractivity contribution in [2.75, 3.05) is 17.1 Å². The van der Waals surface area contributed by atoms with E-state index in [0.717, 1.165) is 18.4 Å². The number of alkyl halides is 1. The lowest BCUT2D eigenvalue weighted by atomic mass is 10.1. The molecule has 0 unspecified atom stereocenters. The number of aryl methyl sites for hydroxylation is 1. The molecule has 0 spiro atoms. The SMILES string of the molecule is CCCc1ccccc1NS(=O)(=O)CCCF. The molecule has 0 aromatic heterocycles. The van der Waals surface area contributed by atoms with E-state index in [1.165, 1.54) is 0 Å². The predicted molar refractivity (Wildman–Crippen MR) is 68.4 cm³/mol. The lowest BCUT2D eigenvalue weighted by Crippen LogP contribution is -2.18. The summed E-state index contributed by atoms with van der Waals surface area (Å²) in [7, 11) is -3.43. The monoisotopic (exact) mass is 259 g/mol. The molecule has 0 fully saturated rings. The Morgan fingerprint density at radius 1 is 1.29 bits per heavy atom. The molecule has 3 nitrogen and oxygen atoms in total. The van der Waals surface area contributed by atoms with Crippen LogP contribution in [0.15, 0.2) is 24.3 Å². The Bertz CT molecular complexity index is 446. The number of benzene rings is 1. The molecular weight excluding hydrogens is 241 g/mol. The van der Waals surface area contributed by atoms with Gasteiger partial charge >= 0.3 is 0 Å². The van der Waals surface area contributed by atoms with Crippen molar-refractivity contribution in [2.45, 2.75) is 26.2 Å². The maximum absolute atomic E-state index is 12.0. The summed E-state index contributed by atoms with van der Waals surface area (Å²) in [5, 5.41) is 0. The van der Waals surface area contributed by atoms with Crippen molar-refractivity contribution in [3.8, 4) is 0 Å². The van der Waals surface area contributed by atoms with Crippen LogP contribution in [0.5, 0.6) is 0 Å². The van der Waals surface area contributed by atoms with E-state index in [-0.39, 0.29) is 12.2 Å². The van der Waals surface area contributed by atoms with Gasteiger partial charge in [0.15, 0.2) is 0 Å². The fourth-order valence-electron chi connectivity index (χ4n) is 1.57. The smallest absolute Gasteiger partial charge is 0.232 e. The molecule has 0 radical (unpaired) electrons. The second-order valence-corrected chi connectivity index (χ2v) is 5.71. The van der Waals surface area contributed by atoms with Gasteiger partial charge < -0.3 is 0 Å². The zero-order valence-electron chi connectivity index (χ0n) is 9.95. The summed E-state index contributed by atoms with van der Waals surface area (Å²) < 4.78 is 37.8. The van der Waals surface area contributed by atoms with Gasteiger partial charge in [-0.05, 0) is 24.5 Å². The fraction of sp³-hybridized carbons (Fsp3) is 0.500. The Morgan fingerprint density at radius 3 is 2.65 bits per heavy atom. The van der Waals surface area contributed by atoms with Crippen LogP contribution >= 0.6 is 0 Å². The van der Waals surface area contributed by atoms with Gasteiger partial charge in [0, 0.05) is 0 Å². The van der Waals surface area contributed by atoms with Crippen LogP contribution in [0.2, 0.25) is 0 Å². The molecule has 1 aromatic carbocycles. The van der Waals surface area contributed by atoms with E-state index < -0.39 is 16.7 Å². The number of rotatable bonds is 7. The molecule has 0 atom stereocenters. The van der Waals surface area contributed by atoms with Crippen molar-refractivity contribution < 1.29 is 12.8 Å². The van der Waals surface area contributed by atoms with Crippen LogP contribution in [0.1, 0.15) is 25.3 Å². The highest BCUT2D eigenvalue weighted by Crippen LogP contribution is 2.18. The molecule has 0 bridgehead atoms. The first kappa shape index (κ1) is 14.0. The first-order valence-electron chi connectivity index (χ1n) is 5.73. The summed E-state index contributed by atoms with van der Waals surface area (Å²) in [6.07, 6.45) is 1.80. The predicted octanol–water partition coefficient (Wildman–Crippen LogP) is 2.74. The number of hydrogen-bond acceptors (Lipinski definition) is 2. The minimum atomic E-state index is -3.43. The van der Waals surface area contributed by atoms with Gasteiger partial charge in [-0.2, -0.15) is 0 Å². The van der Waals surface area contributed by atoms with Crippen LogP contribution in [0.4, 0.5) is 10.1 Å². The average Bonchev–Trinajstić information content (AvgIpc) is 2.29. The second-order valence-electron chi connectivity index (χ2n) is 3.87. The molecule has 0 aliphatic carbocycles. The molecule has 1 N–H and O–H groups in total. The van der Waals surface area contributed by atoms with Gasteiger partial charge in [0.1, 0.15) is 0 Å². The van der Waals surface area contributed by atoms with Crippen molar-refractivity contribution >= 4 is 15.7 Å². The first-order chi connectivity index (χ1) is 8.09. The molecule has 1 aromatic rings. The molecule has 0 saturated carbocycles. The topological polar surface area (TPSA) is 46.2 Å². The summed E-state index contributed by atoms with van der Waals surface area (Å²) >= 11 is 0. The number of nitrogens with one attached hydrogen (secondary N) is 1. The van der Waals surface area contributed by atoms with Gasteiger partial charge in [-0.25, -0.2) is 8.42 Å². The maximum Gasteiger partial charge on any atom is 0.232 e. The van der Waals surface area contributed by atoms with Gasteiger partial charge in [0.2, 0.25) is 10.0 Å². The Hall–Kier alpha value is -1.10. The largest absolute Gasteiger partial charge is 0.283 e. The zero-order chi connectivity index (χ0) is 12.7. The number of anilines is 1. The molecular formula is C12H18FNO2S. The van der Waals surface area contributed by atoms with E-state index in [1.54, 1.807) is 12.1 Å². The molecule has 5 heteroatoms. The van der Waals surface area contributed by atoms with E-state index >= 15 is 0 Å². The molecule has 0 aliphatic heterocycles. The van der Waals surface area contributed by atoms with E-state index in [1.807, 2.05) is 19.1 Å². The van der Waals surface area contributed by atoms with Crippen LogP contribution in [-0.2, 0) is 16.4 Å². The summed E-state index contributed by atoms with van der Waals surface area (Å²) in [6, 6.07) is 7.30. The number of hydrogen-bond donors (Lipinski definition) is 1. The molecule has 0 saturated heterocycles. The minimum Gasteiger partial charge on any atom is -0.283 e. The number of para-hydroxylation sites is 1. The second kappa shape index (κ2) is 6.59. The molecule has 0 heterocycles. The Balaban J connectivity index is 2.80. The summed E-state index contributed by atoms with van der Waals surface area (Å²) in [4.78, 5) is 0. The molecule has 96 valence electrons. The Kier molecular flexibility index (Phi) is 5.41. The van der Waals surface area contributed by atoms with Crippen molar-refractivity contribution in [2.24, 2.45) is 0 Å². The highest BCUT2D eigenvalue weighted by atomic mass is 32.2. The Morgan fingerprint density at radius 2 is 2.00 bits per heavy atom. The molecule has 0 aliphatic rings. The van der Waals surface area contributed by atoms with Gasteiger partial charge in [0.25, 0.3) is 0 Å². The third-order valence-electron chi connectivity index (χ3n) is 2.35. The molecule has 1 rings (SSSR count). The Labute approximate surface area is 102 Å². The molecule has 17 heavy (non-hydrogen) atoms. The van der Waals surface area contributed by atoms with Crippen LogP contribution in [0.25, 0.3) is 0 Å². The quantitative estimate of drug-likeness (QED) is 0.818. The summed E-state index contributed by atoms with van der Waals surface area (Å²) in [5.41, 5.74) is 1.58. The average molecular weight is 259 g/mol. The van der Waals surface area contributed by atoms with Crippen LogP contribution in [0, 0.1) is 0 Å². The van der Waals surface area contributed by atoms with Crippen molar-refractivity contribution in [1.29, 1.82) is 0 Å². The molecule has 0 amide bonds. The van der Waals surface area contributed by atoms with Gasteiger partial charge in [-0.3, -0.25) is 9.11 Å². The van der Waals surface area contributed by atoms with Crippen molar-refractivity contribution in [3.05, 3.63) is 29.8 Å². The normalized spacial score (nSPS) is 11.4. The lowest BCUT2D eigenvalue weighted by Gasteiger charge is -2.11. The maximum atomic E-state index is 12.0. The van der Waals surface area contributed by atoms with Gasteiger partial charge in [0.05, 0.1) is 18.1 Å².